The first-order valence-corrected chi connectivity index (χ1v) is 10.2. The van der Waals surface area contributed by atoms with Crippen molar-refractivity contribution in [3.05, 3.63) is 89.2 Å². The molecule has 0 saturated carbocycles. The van der Waals surface area contributed by atoms with Crippen molar-refractivity contribution in [1.82, 2.24) is 10.2 Å². The van der Waals surface area contributed by atoms with Gasteiger partial charge in [-0.05, 0) is 60.0 Å². The number of hydrogen-bond acceptors (Lipinski definition) is 6. The fourth-order valence-electron chi connectivity index (χ4n) is 2.88. The SMILES string of the molecule is NC(=O)c1nnc(-c2c(F)cccc2F)cc1Nc1ccc(OC2=CCSC=C2)cc1. The Morgan fingerprint density at radius 1 is 1.10 bits per heavy atom. The molecule has 1 aliphatic heterocycles. The van der Waals surface area contributed by atoms with E-state index in [0.29, 0.717) is 11.4 Å². The van der Waals surface area contributed by atoms with Crippen LogP contribution in [0.2, 0.25) is 0 Å². The van der Waals surface area contributed by atoms with Crippen LogP contribution in [0.3, 0.4) is 0 Å². The number of aromatic nitrogens is 2. The number of allylic oxidation sites excluding steroid dienone is 1. The summed E-state index contributed by atoms with van der Waals surface area (Å²) in [5.41, 5.74) is 5.57. The fraction of sp³-hybridized carbons (Fsp3) is 0.0455. The van der Waals surface area contributed by atoms with Gasteiger partial charge in [0.1, 0.15) is 28.8 Å². The molecule has 0 atom stereocenters. The highest BCUT2D eigenvalue weighted by atomic mass is 32.2. The zero-order valence-corrected chi connectivity index (χ0v) is 16.8. The van der Waals surface area contributed by atoms with Gasteiger partial charge in [-0.15, -0.1) is 22.0 Å². The topological polar surface area (TPSA) is 90.1 Å². The molecule has 0 unspecified atom stereocenters. The number of rotatable bonds is 6. The Morgan fingerprint density at radius 2 is 1.84 bits per heavy atom. The molecule has 0 spiro atoms. The van der Waals surface area contributed by atoms with Crippen molar-refractivity contribution in [3.63, 3.8) is 0 Å². The number of nitrogens with one attached hydrogen (secondary N) is 1. The lowest BCUT2D eigenvalue weighted by Gasteiger charge is -2.13. The van der Waals surface area contributed by atoms with E-state index in [1.165, 1.54) is 12.1 Å². The van der Waals surface area contributed by atoms with Crippen LogP contribution in [-0.4, -0.2) is 21.9 Å². The minimum atomic E-state index is -0.829. The van der Waals surface area contributed by atoms with Crippen molar-refractivity contribution in [2.75, 3.05) is 11.1 Å². The number of primary amides is 1. The molecule has 3 N–H and O–H groups in total. The summed E-state index contributed by atoms with van der Waals surface area (Å²) in [5.74, 6) is -0.183. The van der Waals surface area contributed by atoms with Crippen LogP contribution in [0, 0.1) is 11.6 Å². The van der Waals surface area contributed by atoms with E-state index in [1.54, 1.807) is 36.0 Å². The van der Waals surface area contributed by atoms with E-state index in [-0.39, 0.29) is 22.6 Å². The van der Waals surface area contributed by atoms with Gasteiger partial charge in [0.05, 0.1) is 11.3 Å². The van der Waals surface area contributed by atoms with Gasteiger partial charge in [-0.3, -0.25) is 4.79 Å². The number of anilines is 2. The third-order valence-corrected chi connectivity index (χ3v) is 5.01. The summed E-state index contributed by atoms with van der Waals surface area (Å²) in [5, 5.41) is 12.5. The smallest absolute Gasteiger partial charge is 0.271 e. The van der Waals surface area contributed by atoms with Crippen LogP contribution >= 0.6 is 11.8 Å². The zero-order chi connectivity index (χ0) is 21.8. The highest BCUT2D eigenvalue weighted by Gasteiger charge is 2.18. The van der Waals surface area contributed by atoms with Gasteiger partial charge in [0.25, 0.3) is 5.91 Å². The van der Waals surface area contributed by atoms with Gasteiger partial charge in [0.2, 0.25) is 0 Å². The van der Waals surface area contributed by atoms with E-state index >= 15 is 0 Å². The summed E-state index contributed by atoms with van der Waals surface area (Å²) in [7, 11) is 0. The molecule has 4 rings (SSSR count). The lowest BCUT2D eigenvalue weighted by molar-refractivity contribution is 0.0995. The fourth-order valence-corrected chi connectivity index (χ4v) is 3.48. The Hall–Kier alpha value is -3.72. The Kier molecular flexibility index (Phi) is 5.94. The van der Waals surface area contributed by atoms with Crippen LogP contribution in [-0.2, 0) is 0 Å². The summed E-state index contributed by atoms with van der Waals surface area (Å²) >= 11 is 1.68. The normalized spacial score (nSPS) is 12.9. The Labute approximate surface area is 180 Å². The van der Waals surface area contributed by atoms with Gasteiger partial charge in [-0.25, -0.2) is 8.78 Å². The van der Waals surface area contributed by atoms with Gasteiger partial charge >= 0.3 is 0 Å². The summed E-state index contributed by atoms with van der Waals surface area (Å²) in [6, 6.07) is 11.8. The molecule has 2 heterocycles. The molecule has 0 bridgehead atoms. The quantitative estimate of drug-likeness (QED) is 0.575. The summed E-state index contributed by atoms with van der Waals surface area (Å²) in [6.45, 7) is 0. The van der Waals surface area contributed by atoms with Crippen LogP contribution in [0.1, 0.15) is 10.5 Å². The number of carbonyl (C=O) groups is 1. The first-order chi connectivity index (χ1) is 15.0. The van der Waals surface area contributed by atoms with Gasteiger partial charge < -0.3 is 15.8 Å². The number of amides is 1. The lowest BCUT2D eigenvalue weighted by atomic mass is 10.1. The van der Waals surface area contributed by atoms with Crippen molar-refractivity contribution >= 4 is 29.0 Å². The minimum absolute atomic E-state index is 0.0723. The maximum absolute atomic E-state index is 14.1. The Morgan fingerprint density at radius 3 is 2.48 bits per heavy atom. The average Bonchev–Trinajstić information content (AvgIpc) is 2.76. The van der Waals surface area contributed by atoms with E-state index < -0.39 is 17.5 Å². The van der Waals surface area contributed by atoms with Gasteiger partial charge in [-0.2, -0.15) is 0 Å². The van der Waals surface area contributed by atoms with Crippen LogP contribution in [0.4, 0.5) is 20.2 Å². The standard InChI is InChI=1S/C22H16F2N4O2S/c23-16-2-1-3-17(24)20(16)18-12-19(21(22(25)29)28-27-18)26-13-4-6-14(7-5-13)30-15-8-10-31-11-9-15/h1-10,12H,11H2,(H2,25,29)(H,26,27). The van der Waals surface area contributed by atoms with E-state index in [9.17, 15) is 13.6 Å². The highest BCUT2D eigenvalue weighted by Crippen LogP contribution is 2.29. The molecule has 1 aliphatic rings. The van der Waals surface area contributed by atoms with Gasteiger partial charge in [-0.1, -0.05) is 6.07 Å². The number of hydrogen-bond donors (Lipinski definition) is 2. The second-order valence-electron chi connectivity index (χ2n) is 6.45. The monoisotopic (exact) mass is 438 g/mol. The van der Waals surface area contributed by atoms with Crippen LogP contribution in [0.25, 0.3) is 11.3 Å². The first kappa shape index (κ1) is 20.5. The molecule has 2 aromatic carbocycles. The van der Waals surface area contributed by atoms with E-state index in [4.69, 9.17) is 10.5 Å². The molecule has 0 fully saturated rings. The molecular weight excluding hydrogens is 422 g/mol. The molecule has 6 nitrogen and oxygen atoms in total. The predicted molar refractivity (Wildman–Crippen MR) is 116 cm³/mol. The third-order valence-electron chi connectivity index (χ3n) is 4.32. The van der Waals surface area contributed by atoms with E-state index in [2.05, 4.69) is 15.5 Å². The first-order valence-electron chi connectivity index (χ1n) is 9.16. The maximum atomic E-state index is 14.1. The van der Waals surface area contributed by atoms with E-state index in [1.807, 2.05) is 17.6 Å². The van der Waals surface area contributed by atoms with Crippen molar-refractivity contribution in [1.29, 1.82) is 0 Å². The average molecular weight is 438 g/mol. The van der Waals surface area contributed by atoms with Crippen LogP contribution in [0.5, 0.6) is 5.75 Å². The second-order valence-corrected chi connectivity index (χ2v) is 7.39. The largest absolute Gasteiger partial charge is 0.458 e. The molecule has 156 valence electrons. The van der Waals surface area contributed by atoms with E-state index in [0.717, 1.165) is 23.6 Å². The predicted octanol–water partition coefficient (Wildman–Crippen LogP) is 4.79. The van der Waals surface area contributed by atoms with Gasteiger partial charge in [0.15, 0.2) is 5.69 Å². The van der Waals surface area contributed by atoms with Crippen LogP contribution < -0.4 is 15.8 Å². The zero-order valence-electron chi connectivity index (χ0n) is 16.0. The third kappa shape index (κ3) is 4.72. The van der Waals surface area contributed by atoms with Crippen molar-refractivity contribution < 1.29 is 18.3 Å². The van der Waals surface area contributed by atoms with Crippen molar-refractivity contribution in [2.24, 2.45) is 5.73 Å². The molecule has 0 saturated heterocycles. The number of ether oxygens (including phenoxy) is 1. The number of nitrogens with zero attached hydrogens (tertiary/aromatic N) is 2. The summed E-state index contributed by atoms with van der Waals surface area (Å²) in [4.78, 5) is 11.8. The molecule has 3 aromatic rings. The minimum Gasteiger partial charge on any atom is -0.458 e. The molecule has 9 heteroatoms. The molecule has 1 aromatic heterocycles. The Balaban J connectivity index is 1.61. The van der Waals surface area contributed by atoms with Crippen molar-refractivity contribution in [2.45, 2.75) is 0 Å². The second kappa shape index (κ2) is 8.97. The maximum Gasteiger partial charge on any atom is 0.271 e. The number of nitrogens with two attached hydrogens (primary N) is 1. The molecule has 0 aliphatic carbocycles. The van der Waals surface area contributed by atoms with Crippen molar-refractivity contribution in [3.8, 4) is 17.0 Å². The highest BCUT2D eigenvalue weighted by molar-refractivity contribution is 8.02. The summed E-state index contributed by atoms with van der Waals surface area (Å²) in [6.07, 6.45) is 3.85. The molecule has 1 amide bonds. The molecule has 0 radical (unpaired) electrons. The number of thioether (sulfide) groups is 1. The number of benzene rings is 2. The lowest BCUT2D eigenvalue weighted by Crippen LogP contribution is -2.16. The molecular formula is C22H16F2N4O2S. The van der Waals surface area contributed by atoms with Gasteiger partial charge in [0, 0.05) is 11.4 Å². The van der Waals surface area contributed by atoms with Crippen LogP contribution in [0.15, 0.2) is 71.9 Å². The number of halogens is 2. The molecule has 31 heavy (non-hydrogen) atoms. The summed E-state index contributed by atoms with van der Waals surface area (Å²) < 4.78 is 34.1. The number of carbonyl (C=O) groups excluding carboxylic acids is 1. The Bertz CT molecular complexity index is 1180.